The molecule has 7 heteroatoms. The standard InChI is InChI=1S/C7H9N3O3S/c11-5(12)3-14-7-9-8-6(13)10(7)4-1-2-4/h4H,1-3H2,(H,8,13)(H,11,12). The van der Waals surface area contributed by atoms with Crippen molar-refractivity contribution in [1.82, 2.24) is 14.8 Å². The Morgan fingerprint density at radius 1 is 1.71 bits per heavy atom. The topological polar surface area (TPSA) is 88.0 Å². The molecule has 1 saturated carbocycles. The van der Waals surface area contributed by atoms with Crippen LogP contribution in [0.1, 0.15) is 18.9 Å². The Balaban J connectivity index is 2.16. The fourth-order valence-corrected chi connectivity index (χ4v) is 1.91. The predicted molar refractivity (Wildman–Crippen MR) is 49.5 cm³/mol. The monoisotopic (exact) mass is 215 g/mol. The van der Waals surface area contributed by atoms with Gasteiger partial charge >= 0.3 is 11.7 Å². The van der Waals surface area contributed by atoms with Gasteiger partial charge in [-0.25, -0.2) is 9.89 Å². The number of aromatic nitrogens is 3. The van der Waals surface area contributed by atoms with Gasteiger partial charge < -0.3 is 5.11 Å². The van der Waals surface area contributed by atoms with Crippen LogP contribution in [0, 0.1) is 0 Å². The molecule has 2 N–H and O–H groups in total. The van der Waals surface area contributed by atoms with Gasteiger partial charge in [-0.15, -0.1) is 5.10 Å². The molecule has 0 amide bonds. The third-order valence-electron chi connectivity index (χ3n) is 1.91. The van der Waals surface area contributed by atoms with Gasteiger partial charge in [0.1, 0.15) is 0 Å². The van der Waals surface area contributed by atoms with Gasteiger partial charge in [0.15, 0.2) is 5.16 Å². The van der Waals surface area contributed by atoms with Crippen molar-refractivity contribution in [2.24, 2.45) is 0 Å². The average molecular weight is 215 g/mol. The maximum Gasteiger partial charge on any atom is 0.344 e. The lowest BCUT2D eigenvalue weighted by Gasteiger charge is -2.00. The van der Waals surface area contributed by atoms with E-state index in [2.05, 4.69) is 10.2 Å². The number of hydrogen-bond donors (Lipinski definition) is 2. The number of rotatable bonds is 4. The maximum absolute atomic E-state index is 11.3. The number of H-pyrrole nitrogens is 1. The zero-order valence-corrected chi connectivity index (χ0v) is 8.08. The Kier molecular flexibility index (Phi) is 2.32. The van der Waals surface area contributed by atoms with E-state index in [-0.39, 0.29) is 17.5 Å². The van der Waals surface area contributed by atoms with Crippen LogP contribution in [0.4, 0.5) is 0 Å². The molecule has 0 unspecified atom stereocenters. The molecule has 1 fully saturated rings. The fourth-order valence-electron chi connectivity index (χ4n) is 1.17. The van der Waals surface area contributed by atoms with E-state index in [1.165, 1.54) is 4.57 Å². The summed E-state index contributed by atoms with van der Waals surface area (Å²) in [5, 5.41) is 15.1. The highest BCUT2D eigenvalue weighted by molar-refractivity contribution is 7.99. The molecule has 0 saturated heterocycles. The minimum absolute atomic E-state index is 0.0724. The summed E-state index contributed by atoms with van der Waals surface area (Å²) in [6.07, 6.45) is 1.94. The zero-order valence-electron chi connectivity index (χ0n) is 7.27. The Morgan fingerprint density at radius 2 is 2.43 bits per heavy atom. The predicted octanol–water partition coefficient (Wildman–Crippen LogP) is 0.0830. The quantitative estimate of drug-likeness (QED) is 0.694. The molecule has 0 radical (unpaired) electrons. The molecule has 0 spiro atoms. The first kappa shape index (κ1) is 9.32. The number of nitrogens with one attached hydrogen (secondary N) is 1. The maximum atomic E-state index is 11.3. The average Bonchev–Trinajstić information content (AvgIpc) is 2.88. The van der Waals surface area contributed by atoms with Gasteiger partial charge in [0.05, 0.1) is 5.75 Å². The van der Waals surface area contributed by atoms with Crippen molar-refractivity contribution < 1.29 is 9.90 Å². The van der Waals surface area contributed by atoms with Crippen LogP contribution in [0.3, 0.4) is 0 Å². The molecule has 6 nitrogen and oxygen atoms in total. The lowest BCUT2D eigenvalue weighted by Crippen LogP contribution is -2.16. The highest BCUT2D eigenvalue weighted by atomic mass is 32.2. The van der Waals surface area contributed by atoms with Crippen molar-refractivity contribution in [3.05, 3.63) is 10.5 Å². The van der Waals surface area contributed by atoms with Gasteiger partial charge in [-0.3, -0.25) is 9.36 Å². The summed E-state index contributed by atoms with van der Waals surface area (Å²) in [5.41, 5.74) is -0.250. The lowest BCUT2D eigenvalue weighted by molar-refractivity contribution is -0.133. The van der Waals surface area contributed by atoms with Gasteiger partial charge in [-0.05, 0) is 12.8 Å². The highest BCUT2D eigenvalue weighted by Gasteiger charge is 2.28. The summed E-state index contributed by atoms with van der Waals surface area (Å²) < 4.78 is 1.54. The molecule has 76 valence electrons. The first-order valence-corrected chi connectivity index (χ1v) is 5.18. The number of nitrogens with zero attached hydrogens (tertiary/aromatic N) is 2. The molecular weight excluding hydrogens is 206 g/mol. The highest BCUT2D eigenvalue weighted by Crippen LogP contribution is 2.35. The largest absolute Gasteiger partial charge is 0.481 e. The van der Waals surface area contributed by atoms with E-state index in [4.69, 9.17) is 5.11 Å². The second-order valence-electron chi connectivity index (χ2n) is 3.09. The number of carbonyl (C=O) groups is 1. The summed E-state index contributed by atoms with van der Waals surface area (Å²) in [6.45, 7) is 0. The van der Waals surface area contributed by atoms with Crippen molar-refractivity contribution in [2.45, 2.75) is 24.0 Å². The SMILES string of the molecule is O=C(O)CSc1n[nH]c(=O)n1C1CC1. The van der Waals surface area contributed by atoms with Gasteiger partial charge in [0.2, 0.25) is 0 Å². The van der Waals surface area contributed by atoms with Crippen molar-refractivity contribution >= 4 is 17.7 Å². The number of aromatic amines is 1. The van der Waals surface area contributed by atoms with Gasteiger partial charge in [0.25, 0.3) is 0 Å². The lowest BCUT2D eigenvalue weighted by atomic mass is 10.7. The van der Waals surface area contributed by atoms with E-state index < -0.39 is 5.97 Å². The smallest absolute Gasteiger partial charge is 0.344 e. The molecule has 1 aromatic rings. The van der Waals surface area contributed by atoms with E-state index in [1.807, 2.05) is 0 Å². The van der Waals surface area contributed by atoms with E-state index >= 15 is 0 Å². The number of aliphatic carboxylic acids is 1. The molecule has 2 rings (SSSR count). The van der Waals surface area contributed by atoms with Crippen LogP contribution in [0.15, 0.2) is 9.95 Å². The summed E-state index contributed by atoms with van der Waals surface area (Å²) in [4.78, 5) is 21.6. The van der Waals surface area contributed by atoms with Gasteiger partial charge in [0, 0.05) is 6.04 Å². The van der Waals surface area contributed by atoms with Crippen molar-refractivity contribution in [2.75, 3.05) is 5.75 Å². The third kappa shape index (κ3) is 1.82. The van der Waals surface area contributed by atoms with Crippen LogP contribution < -0.4 is 5.69 Å². The van der Waals surface area contributed by atoms with E-state index in [0.717, 1.165) is 24.6 Å². The summed E-state index contributed by atoms with van der Waals surface area (Å²) in [7, 11) is 0. The van der Waals surface area contributed by atoms with Crippen molar-refractivity contribution in [3.63, 3.8) is 0 Å². The molecule has 1 aliphatic rings. The van der Waals surface area contributed by atoms with Crippen molar-refractivity contribution in [3.8, 4) is 0 Å². The number of thioether (sulfide) groups is 1. The minimum Gasteiger partial charge on any atom is -0.481 e. The Labute approximate surface area is 83.3 Å². The molecule has 1 aromatic heterocycles. The molecule has 0 bridgehead atoms. The fraction of sp³-hybridized carbons (Fsp3) is 0.571. The Hall–Kier alpha value is -1.24. The summed E-state index contributed by atoms with van der Waals surface area (Å²) >= 11 is 1.07. The Bertz CT molecular complexity index is 407. The third-order valence-corrected chi connectivity index (χ3v) is 2.85. The zero-order chi connectivity index (χ0) is 10.1. The second kappa shape index (κ2) is 3.49. The molecule has 0 aromatic carbocycles. The molecule has 1 heterocycles. The molecule has 0 aliphatic heterocycles. The van der Waals surface area contributed by atoms with Crippen LogP contribution in [0.25, 0.3) is 0 Å². The first-order valence-electron chi connectivity index (χ1n) is 4.20. The van der Waals surface area contributed by atoms with Gasteiger partial charge in [-0.1, -0.05) is 11.8 Å². The molecular formula is C7H9N3O3S. The summed E-state index contributed by atoms with van der Waals surface area (Å²) in [6, 6.07) is 0.220. The van der Waals surface area contributed by atoms with E-state index in [9.17, 15) is 9.59 Å². The first-order chi connectivity index (χ1) is 6.68. The minimum atomic E-state index is -0.909. The van der Waals surface area contributed by atoms with E-state index in [0.29, 0.717) is 5.16 Å². The summed E-state index contributed by atoms with van der Waals surface area (Å²) in [5.74, 6) is -0.982. The van der Waals surface area contributed by atoms with Crippen LogP contribution in [-0.2, 0) is 4.79 Å². The number of hydrogen-bond acceptors (Lipinski definition) is 4. The Morgan fingerprint density at radius 3 is 3.00 bits per heavy atom. The van der Waals surface area contributed by atoms with Crippen LogP contribution in [-0.4, -0.2) is 31.6 Å². The number of carboxylic acid groups (broad SMARTS) is 1. The van der Waals surface area contributed by atoms with Gasteiger partial charge in [-0.2, -0.15) is 0 Å². The second-order valence-corrected chi connectivity index (χ2v) is 4.04. The van der Waals surface area contributed by atoms with Crippen LogP contribution >= 0.6 is 11.8 Å². The van der Waals surface area contributed by atoms with Crippen molar-refractivity contribution in [1.29, 1.82) is 0 Å². The number of carboxylic acids is 1. The molecule has 0 atom stereocenters. The molecule has 14 heavy (non-hydrogen) atoms. The normalized spacial score (nSPS) is 15.7. The molecule has 1 aliphatic carbocycles. The van der Waals surface area contributed by atoms with E-state index in [1.54, 1.807) is 0 Å². The van der Waals surface area contributed by atoms with Crippen LogP contribution in [0.2, 0.25) is 0 Å². The van der Waals surface area contributed by atoms with Crippen LogP contribution in [0.5, 0.6) is 0 Å².